The van der Waals surface area contributed by atoms with Crippen LogP contribution in [-0.4, -0.2) is 10.9 Å². The molecule has 0 aromatic heterocycles. The molecule has 76 valence electrons. The number of hydrogen-bond acceptors (Lipinski definition) is 2. The monoisotopic (exact) mass is 216 g/mol. The number of benzene rings is 1. The fourth-order valence-corrected chi connectivity index (χ4v) is 1.48. The summed E-state index contributed by atoms with van der Waals surface area (Å²) in [5, 5.41) is 9.41. The smallest absolute Gasteiger partial charge is 0.163 e. The third kappa shape index (κ3) is 1.73. The van der Waals surface area contributed by atoms with Gasteiger partial charge in [-0.1, -0.05) is 18.5 Å². The Hall–Kier alpha value is -1.09. The number of carbonyl (C=O) groups excluding carboxylic acids is 1. The maximum atomic E-state index is 13.3. The second-order valence-corrected chi connectivity index (χ2v) is 3.36. The zero-order chi connectivity index (χ0) is 10.9. The summed E-state index contributed by atoms with van der Waals surface area (Å²) in [6, 6.07) is 1.15. The van der Waals surface area contributed by atoms with Crippen molar-refractivity contribution >= 4 is 17.4 Å². The van der Waals surface area contributed by atoms with Crippen molar-refractivity contribution < 1.29 is 14.3 Å². The number of halogens is 2. The van der Waals surface area contributed by atoms with E-state index in [4.69, 9.17) is 11.6 Å². The van der Waals surface area contributed by atoms with E-state index in [-0.39, 0.29) is 27.7 Å². The van der Waals surface area contributed by atoms with Gasteiger partial charge in [-0.25, -0.2) is 4.39 Å². The van der Waals surface area contributed by atoms with Crippen molar-refractivity contribution in [1.29, 1.82) is 0 Å². The molecule has 0 saturated carbocycles. The quantitative estimate of drug-likeness (QED) is 0.772. The lowest BCUT2D eigenvalue weighted by Crippen LogP contribution is -1.99. The van der Waals surface area contributed by atoms with Crippen LogP contribution in [-0.2, 0) is 6.42 Å². The van der Waals surface area contributed by atoms with Crippen molar-refractivity contribution in [1.82, 2.24) is 0 Å². The van der Waals surface area contributed by atoms with Crippen LogP contribution in [0, 0.1) is 5.82 Å². The van der Waals surface area contributed by atoms with E-state index in [1.165, 1.54) is 6.92 Å². The van der Waals surface area contributed by atoms with E-state index < -0.39 is 5.82 Å². The van der Waals surface area contributed by atoms with E-state index in [0.29, 0.717) is 6.42 Å². The van der Waals surface area contributed by atoms with Crippen LogP contribution in [0.5, 0.6) is 5.75 Å². The zero-order valence-electron chi connectivity index (χ0n) is 7.90. The third-order valence-corrected chi connectivity index (χ3v) is 2.29. The second-order valence-electron chi connectivity index (χ2n) is 2.96. The van der Waals surface area contributed by atoms with E-state index in [2.05, 4.69) is 0 Å². The summed E-state index contributed by atoms with van der Waals surface area (Å²) < 4.78 is 13.3. The summed E-state index contributed by atoms with van der Waals surface area (Å²) in [6.45, 7) is 2.97. The number of rotatable bonds is 2. The van der Waals surface area contributed by atoms with Crippen LogP contribution in [0.15, 0.2) is 6.07 Å². The summed E-state index contributed by atoms with van der Waals surface area (Å²) in [6.07, 6.45) is 0.290. The Morgan fingerprint density at radius 1 is 1.64 bits per heavy atom. The highest BCUT2D eigenvalue weighted by molar-refractivity contribution is 6.31. The van der Waals surface area contributed by atoms with Crippen LogP contribution in [0.4, 0.5) is 4.39 Å². The minimum Gasteiger partial charge on any atom is -0.507 e. The molecule has 2 nitrogen and oxygen atoms in total. The number of hydrogen-bond donors (Lipinski definition) is 1. The van der Waals surface area contributed by atoms with E-state index >= 15 is 0 Å². The molecule has 0 aliphatic carbocycles. The molecule has 4 heteroatoms. The molecule has 0 aliphatic rings. The molecule has 0 heterocycles. The predicted molar refractivity (Wildman–Crippen MR) is 52.5 cm³/mol. The van der Waals surface area contributed by atoms with Crippen molar-refractivity contribution in [2.75, 3.05) is 0 Å². The van der Waals surface area contributed by atoms with Gasteiger partial charge in [0.2, 0.25) is 0 Å². The van der Waals surface area contributed by atoms with Crippen LogP contribution in [0.2, 0.25) is 5.02 Å². The van der Waals surface area contributed by atoms with Gasteiger partial charge in [-0.15, -0.1) is 0 Å². The maximum Gasteiger partial charge on any atom is 0.163 e. The summed E-state index contributed by atoms with van der Waals surface area (Å²) in [5.74, 6) is -1.29. The Balaban J connectivity index is 3.50. The molecule has 0 fully saturated rings. The van der Waals surface area contributed by atoms with Crippen molar-refractivity contribution in [2.45, 2.75) is 20.3 Å². The Morgan fingerprint density at radius 2 is 2.21 bits per heavy atom. The van der Waals surface area contributed by atoms with Crippen LogP contribution in [0.3, 0.4) is 0 Å². The first kappa shape index (κ1) is 11.0. The molecule has 0 spiro atoms. The maximum absolute atomic E-state index is 13.3. The third-order valence-electron chi connectivity index (χ3n) is 2.02. The molecule has 0 saturated heterocycles. The minimum absolute atomic E-state index is 0.0632. The number of phenols is 1. The molecule has 0 bridgehead atoms. The van der Waals surface area contributed by atoms with Gasteiger partial charge >= 0.3 is 0 Å². The average molecular weight is 217 g/mol. The number of phenolic OH excluding ortho intramolecular Hbond substituents is 1. The molecular weight excluding hydrogens is 207 g/mol. The Labute approximate surface area is 86.3 Å². The summed E-state index contributed by atoms with van der Waals surface area (Å²) in [5.41, 5.74) is 0.149. The first-order valence-corrected chi connectivity index (χ1v) is 4.57. The van der Waals surface area contributed by atoms with Gasteiger partial charge in [0.15, 0.2) is 5.78 Å². The molecule has 0 radical (unpaired) electrons. The SMILES string of the molecule is CCc1c(O)c(C(C)=O)cc(Cl)c1F. The highest BCUT2D eigenvalue weighted by Crippen LogP contribution is 2.31. The average Bonchev–Trinajstić information content (AvgIpc) is 2.12. The zero-order valence-corrected chi connectivity index (χ0v) is 8.65. The van der Waals surface area contributed by atoms with Crippen molar-refractivity contribution in [3.8, 4) is 5.75 Å². The van der Waals surface area contributed by atoms with Gasteiger partial charge in [-0.05, 0) is 19.4 Å². The molecule has 0 aliphatic heterocycles. The molecule has 0 amide bonds. The van der Waals surface area contributed by atoms with Gasteiger partial charge in [-0.2, -0.15) is 0 Å². The summed E-state index contributed by atoms with van der Waals surface area (Å²) in [4.78, 5) is 11.1. The van der Waals surface area contributed by atoms with Crippen molar-refractivity contribution in [2.24, 2.45) is 0 Å². The van der Waals surface area contributed by atoms with Gasteiger partial charge in [0.1, 0.15) is 11.6 Å². The number of ketones is 1. The van der Waals surface area contributed by atoms with Gasteiger partial charge < -0.3 is 5.11 Å². The highest BCUT2D eigenvalue weighted by atomic mass is 35.5. The van der Waals surface area contributed by atoms with E-state index in [9.17, 15) is 14.3 Å². The van der Waals surface area contributed by atoms with Crippen LogP contribution in [0.25, 0.3) is 0 Å². The van der Waals surface area contributed by atoms with Gasteiger partial charge in [-0.3, -0.25) is 4.79 Å². The Bertz CT molecular complexity index is 388. The summed E-state index contributed by atoms with van der Waals surface area (Å²) >= 11 is 5.58. The topological polar surface area (TPSA) is 37.3 Å². The van der Waals surface area contributed by atoms with E-state index in [1.807, 2.05) is 0 Å². The standard InChI is InChI=1S/C10H10ClFO2/c1-3-6-9(12)8(11)4-7(5(2)13)10(6)14/h4,14H,3H2,1-2H3. The molecule has 1 aromatic rings. The van der Waals surface area contributed by atoms with Gasteiger partial charge in [0.25, 0.3) is 0 Å². The molecule has 0 atom stereocenters. The molecule has 0 unspecified atom stereocenters. The van der Waals surface area contributed by atoms with Crippen LogP contribution >= 0.6 is 11.6 Å². The van der Waals surface area contributed by atoms with Gasteiger partial charge in [0.05, 0.1) is 10.6 Å². The predicted octanol–water partition coefficient (Wildman–Crippen LogP) is 2.95. The van der Waals surface area contributed by atoms with Crippen LogP contribution < -0.4 is 0 Å². The second kappa shape index (κ2) is 3.96. The van der Waals surface area contributed by atoms with Crippen molar-refractivity contribution in [3.63, 3.8) is 0 Å². The largest absolute Gasteiger partial charge is 0.507 e. The van der Waals surface area contributed by atoms with Crippen molar-refractivity contribution in [3.05, 3.63) is 28.0 Å². The van der Waals surface area contributed by atoms with E-state index in [0.717, 1.165) is 6.07 Å². The summed E-state index contributed by atoms with van der Waals surface area (Å²) in [7, 11) is 0. The fraction of sp³-hybridized carbons (Fsp3) is 0.300. The normalized spacial score (nSPS) is 10.3. The van der Waals surface area contributed by atoms with E-state index in [1.54, 1.807) is 6.92 Å². The molecule has 1 aromatic carbocycles. The minimum atomic E-state index is -0.656. The number of carbonyl (C=O) groups is 1. The lowest BCUT2D eigenvalue weighted by molar-refractivity contribution is 0.101. The first-order chi connectivity index (χ1) is 6.49. The number of Topliss-reactive ketones (excluding diaryl/α,β-unsaturated/α-hetero) is 1. The lowest BCUT2D eigenvalue weighted by atomic mass is 10.0. The first-order valence-electron chi connectivity index (χ1n) is 4.19. The number of aromatic hydroxyl groups is 1. The molecule has 14 heavy (non-hydrogen) atoms. The van der Waals surface area contributed by atoms with Crippen LogP contribution in [0.1, 0.15) is 29.8 Å². The molecule has 1 rings (SSSR count). The fourth-order valence-electron chi connectivity index (χ4n) is 1.26. The molecular formula is C10H10ClFO2. The molecule has 1 N–H and O–H groups in total. The lowest BCUT2D eigenvalue weighted by Gasteiger charge is -2.08. The Morgan fingerprint density at radius 3 is 2.64 bits per heavy atom. The van der Waals surface area contributed by atoms with Gasteiger partial charge in [0, 0.05) is 5.56 Å². The highest BCUT2D eigenvalue weighted by Gasteiger charge is 2.17. The Kier molecular flexibility index (Phi) is 3.11.